The number of nitrogen functional groups attached to an aromatic ring is 1. The van der Waals surface area contributed by atoms with Crippen LogP contribution in [0.3, 0.4) is 0 Å². The van der Waals surface area contributed by atoms with Crippen LogP contribution in [-0.2, 0) is 19.0 Å². The molecule has 2 heterocycles. The lowest BCUT2D eigenvalue weighted by Crippen LogP contribution is -2.31. The second-order valence-corrected chi connectivity index (χ2v) is 9.31. The van der Waals surface area contributed by atoms with E-state index in [0.29, 0.717) is 40.1 Å². The molecule has 7 heteroatoms. The van der Waals surface area contributed by atoms with Gasteiger partial charge in [0.25, 0.3) is 0 Å². The molecule has 0 bridgehead atoms. The molecule has 1 saturated heterocycles. The van der Waals surface area contributed by atoms with Crippen molar-refractivity contribution in [2.75, 3.05) is 25.9 Å². The quantitative estimate of drug-likeness (QED) is 0.384. The van der Waals surface area contributed by atoms with Gasteiger partial charge in [-0.05, 0) is 86.8 Å². The summed E-state index contributed by atoms with van der Waals surface area (Å²) in [5.74, 6) is 6.19. The number of alkyl halides is 3. The number of anilines is 1. The van der Waals surface area contributed by atoms with Crippen molar-refractivity contribution < 1.29 is 18.0 Å². The third-order valence-electron chi connectivity index (χ3n) is 6.56. The molecule has 0 atom stereocenters. The maximum atomic E-state index is 13.9. The largest absolute Gasteiger partial charge is 0.416 e. The van der Waals surface area contributed by atoms with Gasteiger partial charge in [0.05, 0.1) is 11.1 Å². The summed E-state index contributed by atoms with van der Waals surface area (Å²) in [5.41, 5.74) is 7.40. The molecule has 0 spiro atoms. The number of nitrogens with two attached hydrogens (primary N) is 1. The maximum Gasteiger partial charge on any atom is 0.416 e. The first-order valence-corrected chi connectivity index (χ1v) is 11.9. The van der Waals surface area contributed by atoms with E-state index < -0.39 is 11.7 Å². The van der Waals surface area contributed by atoms with Gasteiger partial charge in [0.1, 0.15) is 5.82 Å². The number of likely N-dealkylation sites (tertiary alicyclic amines) is 1. The van der Waals surface area contributed by atoms with Crippen molar-refractivity contribution in [1.29, 1.82) is 0 Å². The van der Waals surface area contributed by atoms with Crippen LogP contribution >= 0.6 is 0 Å². The topological polar surface area (TPSA) is 59.2 Å². The summed E-state index contributed by atoms with van der Waals surface area (Å²) in [7, 11) is 2.03. The molecule has 0 unspecified atom stereocenters. The first-order valence-electron chi connectivity index (χ1n) is 11.9. The Hall–Kier alpha value is -3.63. The third kappa shape index (κ3) is 6.52. The van der Waals surface area contributed by atoms with E-state index in [0.717, 1.165) is 32.0 Å². The number of ketones is 1. The monoisotopic (exact) mass is 491 g/mol. The number of hydrogen-bond donors (Lipinski definition) is 1. The highest BCUT2D eigenvalue weighted by Gasteiger charge is 2.34. The third-order valence-corrected chi connectivity index (χ3v) is 6.56. The zero-order valence-corrected chi connectivity index (χ0v) is 20.1. The molecule has 2 aromatic carbocycles. The molecule has 1 aromatic heterocycles. The predicted molar refractivity (Wildman–Crippen MR) is 134 cm³/mol. The molecule has 1 fully saturated rings. The standard InChI is InChI=1S/C29H28F3N3O/c1-35-14-11-21(12-15-35)16-24-10-8-22(18-26(24)29(30,31)32)19-27(36)25-5-2-4-20(17-25)7-9-23-6-3-13-34-28(23)33/h2-6,8,10,13,17-18,21H,11-12,14-16,19H2,1H3,(H2,33,34). The Labute approximate surface area is 209 Å². The number of aromatic nitrogens is 1. The molecular weight excluding hydrogens is 463 g/mol. The van der Waals surface area contributed by atoms with Gasteiger partial charge in [-0.3, -0.25) is 4.79 Å². The first-order chi connectivity index (χ1) is 17.2. The highest BCUT2D eigenvalue weighted by Crippen LogP contribution is 2.35. The molecule has 36 heavy (non-hydrogen) atoms. The van der Waals surface area contributed by atoms with E-state index in [1.807, 2.05) is 7.05 Å². The molecule has 0 aliphatic carbocycles. The summed E-state index contributed by atoms with van der Waals surface area (Å²) < 4.78 is 41.7. The number of hydrogen-bond acceptors (Lipinski definition) is 4. The SMILES string of the molecule is CN1CCC(Cc2ccc(CC(=O)c3cccc(C#Cc4cccnc4N)c3)cc2C(F)(F)F)CC1. The van der Waals surface area contributed by atoms with Gasteiger partial charge in [-0.1, -0.05) is 36.1 Å². The van der Waals surface area contributed by atoms with E-state index in [1.54, 1.807) is 54.7 Å². The second-order valence-electron chi connectivity index (χ2n) is 9.31. The summed E-state index contributed by atoms with van der Waals surface area (Å²) >= 11 is 0. The van der Waals surface area contributed by atoms with Crippen LogP contribution < -0.4 is 5.73 Å². The minimum atomic E-state index is -4.47. The number of Topliss-reactive ketones (excluding diaryl/α,β-unsaturated/α-hetero) is 1. The Balaban J connectivity index is 1.50. The summed E-state index contributed by atoms with van der Waals surface area (Å²) in [6.45, 7) is 1.80. The van der Waals surface area contributed by atoms with Crippen LogP contribution in [-0.4, -0.2) is 35.8 Å². The van der Waals surface area contributed by atoms with Crippen molar-refractivity contribution >= 4 is 11.6 Å². The summed E-state index contributed by atoms with van der Waals surface area (Å²) in [4.78, 5) is 19.1. The lowest BCUT2D eigenvalue weighted by molar-refractivity contribution is -0.138. The van der Waals surface area contributed by atoms with E-state index in [1.165, 1.54) is 0 Å². The van der Waals surface area contributed by atoms with E-state index in [9.17, 15) is 18.0 Å². The molecule has 4 nitrogen and oxygen atoms in total. The van der Waals surface area contributed by atoms with Crippen molar-refractivity contribution in [2.45, 2.75) is 31.9 Å². The van der Waals surface area contributed by atoms with Crippen molar-refractivity contribution in [3.8, 4) is 11.8 Å². The smallest absolute Gasteiger partial charge is 0.383 e. The Kier molecular flexibility index (Phi) is 7.76. The van der Waals surface area contributed by atoms with Gasteiger partial charge in [0, 0.05) is 23.7 Å². The van der Waals surface area contributed by atoms with Crippen molar-refractivity contribution in [1.82, 2.24) is 9.88 Å². The second kappa shape index (κ2) is 11.0. The minimum Gasteiger partial charge on any atom is -0.383 e. The summed E-state index contributed by atoms with van der Waals surface area (Å²) in [6.07, 6.45) is -0.834. The average Bonchev–Trinajstić information content (AvgIpc) is 2.85. The molecule has 0 saturated carbocycles. The number of halogens is 3. The number of benzene rings is 2. The zero-order valence-electron chi connectivity index (χ0n) is 20.1. The van der Waals surface area contributed by atoms with Gasteiger partial charge in [0.2, 0.25) is 0 Å². The van der Waals surface area contributed by atoms with E-state index >= 15 is 0 Å². The number of carbonyl (C=O) groups is 1. The molecule has 4 rings (SSSR count). The number of pyridine rings is 1. The predicted octanol–water partition coefficient (Wildman–Crippen LogP) is 5.39. The number of piperidine rings is 1. The summed E-state index contributed by atoms with van der Waals surface area (Å²) in [6, 6.07) is 14.6. The molecular formula is C29H28F3N3O. The fraction of sp³-hybridized carbons (Fsp3) is 0.310. The van der Waals surface area contributed by atoms with Gasteiger partial charge < -0.3 is 10.6 Å². The van der Waals surface area contributed by atoms with Crippen LogP contribution in [0.5, 0.6) is 0 Å². The highest BCUT2D eigenvalue weighted by atomic mass is 19.4. The van der Waals surface area contributed by atoms with Crippen molar-refractivity contribution in [2.24, 2.45) is 5.92 Å². The Morgan fingerprint density at radius 1 is 1.08 bits per heavy atom. The van der Waals surface area contributed by atoms with Crippen LogP contribution in [0, 0.1) is 17.8 Å². The molecule has 0 radical (unpaired) electrons. The van der Waals surface area contributed by atoms with Crippen molar-refractivity contribution in [3.05, 3.63) is 94.2 Å². The fourth-order valence-electron chi connectivity index (χ4n) is 4.47. The normalized spacial score (nSPS) is 14.8. The van der Waals surface area contributed by atoms with Crippen molar-refractivity contribution in [3.63, 3.8) is 0 Å². The van der Waals surface area contributed by atoms with Crippen LogP contribution in [0.1, 0.15) is 51.0 Å². The molecule has 3 aromatic rings. The van der Waals surface area contributed by atoms with Gasteiger partial charge >= 0.3 is 6.18 Å². The van der Waals surface area contributed by atoms with Crippen LogP contribution in [0.4, 0.5) is 19.0 Å². The maximum absolute atomic E-state index is 13.9. The molecule has 1 aliphatic heterocycles. The lowest BCUT2D eigenvalue weighted by Gasteiger charge is -2.29. The van der Waals surface area contributed by atoms with Crippen LogP contribution in [0.25, 0.3) is 0 Å². The highest BCUT2D eigenvalue weighted by molar-refractivity contribution is 5.97. The van der Waals surface area contributed by atoms with Gasteiger partial charge in [-0.15, -0.1) is 0 Å². The Bertz CT molecular complexity index is 1300. The number of carbonyl (C=O) groups excluding carboxylic acids is 1. The average molecular weight is 492 g/mol. The number of nitrogens with zero attached hydrogens (tertiary/aromatic N) is 2. The molecule has 1 aliphatic rings. The number of rotatable bonds is 5. The summed E-state index contributed by atoms with van der Waals surface area (Å²) in [5, 5.41) is 0. The van der Waals surface area contributed by atoms with E-state index in [-0.39, 0.29) is 18.1 Å². The molecule has 0 amide bonds. The molecule has 2 N–H and O–H groups in total. The van der Waals surface area contributed by atoms with Gasteiger partial charge in [0.15, 0.2) is 5.78 Å². The minimum absolute atomic E-state index is 0.121. The van der Waals surface area contributed by atoms with Gasteiger partial charge in [-0.25, -0.2) is 4.98 Å². The van der Waals surface area contributed by atoms with E-state index in [4.69, 9.17) is 5.73 Å². The van der Waals surface area contributed by atoms with E-state index in [2.05, 4.69) is 21.7 Å². The Morgan fingerprint density at radius 2 is 1.86 bits per heavy atom. The molecule has 186 valence electrons. The Morgan fingerprint density at radius 3 is 2.58 bits per heavy atom. The zero-order chi connectivity index (χ0) is 25.7. The first kappa shape index (κ1) is 25.5. The van der Waals surface area contributed by atoms with Crippen LogP contribution in [0.2, 0.25) is 0 Å². The van der Waals surface area contributed by atoms with Crippen LogP contribution in [0.15, 0.2) is 60.8 Å². The fourth-order valence-corrected chi connectivity index (χ4v) is 4.47. The lowest BCUT2D eigenvalue weighted by atomic mass is 9.87. The van der Waals surface area contributed by atoms with Gasteiger partial charge in [-0.2, -0.15) is 13.2 Å².